The molecule has 0 spiro atoms. The van der Waals surface area contributed by atoms with Gasteiger partial charge in [0.2, 0.25) is 5.75 Å². The number of hydrogen-bond acceptors (Lipinski definition) is 12. The minimum Gasteiger partial charge on any atom is -0.504 e. The molecular formula is C27H33ClN2O10. The maximum absolute atomic E-state index is 13.2. The molecule has 2 aromatic carbocycles. The number of carbonyl (C=O) groups is 1. The zero-order chi connectivity index (χ0) is 28.6. The molecule has 2 fully saturated rings. The molecule has 12 nitrogen and oxygen atoms in total. The van der Waals surface area contributed by atoms with Gasteiger partial charge in [-0.05, 0) is 12.1 Å². The molecular weight excluding hydrogens is 548 g/mol. The quantitative estimate of drug-likeness (QED) is 0.278. The Morgan fingerprint density at radius 3 is 2.42 bits per heavy atom. The first kappa shape index (κ1) is 28.7. The summed E-state index contributed by atoms with van der Waals surface area (Å²) < 4.78 is 22.3. The number of nitrogens with zero attached hydrogens (tertiary/aromatic N) is 2. The van der Waals surface area contributed by atoms with E-state index in [4.69, 9.17) is 30.5 Å². The Bertz CT molecular complexity index is 1240. The summed E-state index contributed by atoms with van der Waals surface area (Å²) in [6.45, 7) is 3.38. The number of phenolic OH excluding ortho intramolecular Hbond substituents is 2. The van der Waals surface area contributed by atoms with E-state index in [9.17, 15) is 30.3 Å². The molecule has 0 unspecified atom stereocenters. The first-order valence-electron chi connectivity index (χ1n) is 13.0. The van der Waals surface area contributed by atoms with Crippen molar-refractivity contribution in [3.05, 3.63) is 46.0 Å². The van der Waals surface area contributed by atoms with E-state index in [1.165, 1.54) is 7.11 Å². The molecule has 0 aliphatic carbocycles. The Kier molecular flexibility index (Phi) is 8.57. The van der Waals surface area contributed by atoms with E-state index in [2.05, 4.69) is 4.90 Å². The summed E-state index contributed by atoms with van der Waals surface area (Å²) in [5.41, 5.74) is 0.0759. The Labute approximate surface area is 235 Å². The van der Waals surface area contributed by atoms with Crippen LogP contribution in [0.5, 0.6) is 23.0 Å². The van der Waals surface area contributed by atoms with Crippen LogP contribution >= 0.6 is 11.6 Å². The van der Waals surface area contributed by atoms with Crippen LogP contribution in [0.4, 0.5) is 0 Å². The fourth-order valence-electron chi connectivity index (χ4n) is 5.51. The minimum atomic E-state index is -1.56. The van der Waals surface area contributed by atoms with Crippen LogP contribution in [0.2, 0.25) is 5.02 Å². The van der Waals surface area contributed by atoms with E-state index in [-0.39, 0.29) is 29.0 Å². The van der Waals surface area contributed by atoms with Crippen LogP contribution in [-0.4, -0.2) is 119 Å². The third-order valence-electron chi connectivity index (χ3n) is 7.69. The molecule has 5 N–H and O–H groups in total. The number of aromatic hydroxyl groups is 2. The van der Waals surface area contributed by atoms with E-state index in [1.807, 2.05) is 23.1 Å². The molecule has 2 saturated heterocycles. The predicted octanol–water partition coefficient (Wildman–Crippen LogP) is 0.649. The number of methoxy groups -OCH3 is 1. The first-order valence-corrected chi connectivity index (χ1v) is 13.4. The number of aliphatic hydroxyl groups is 3. The van der Waals surface area contributed by atoms with Crippen molar-refractivity contribution in [3.63, 3.8) is 0 Å². The number of benzene rings is 2. The van der Waals surface area contributed by atoms with Crippen LogP contribution in [0, 0.1) is 0 Å². The topological polar surface area (TPSA) is 162 Å². The lowest BCUT2D eigenvalue weighted by Crippen LogP contribution is -2.58. The maximum Gasteiger partial charge on any atom is 0.339 e. The second-order valence-electron chi connectivity index (χ2n) is 10.0. The molecule has 13 heteroatoms. The number of rotatable bonds is 8. The number of para-hydroxylation sites is 1. The molecule has 0 amide bonds. The molecule has 218 valence electrons. The highest BCUT2D eigenvalue weighted by molar-refractivity contribution is 6.32. The van der Waals surface area contributed by atoms with Gasteiger partial charge in [0.05, 0.1) is 24.3 Å². The molecule has 3 aliphatic heterocycles. The second-order valence-corrected chi connectivity index (χ2v) is 10.4. The number of phenols is 2. The van der Waals surface area contributed by atoms with E-state index >= 15 is 0 Å². The van der Waals surface area contributed by atoms with Crippen molar-refractivity contribution >= 4 is 17.6 Å². The summed E-state index contributed by atoms with van der Waals surface area (Å²) in [6, 6.07) is 7.29. The molecule has 40 heavy (non-hydrogen) atoms. The van der Waals surface area contributed by atoms with Gasteiger partial charge >= 0.3 is 5.97 Å². The molecule has 0 aromatic heterocycles. The molecule has 0 saturated carbocycles. The van der Waals surface area contributed by atoms with Crippen LogP contribution in [-0.2, 0) is 16.0 Å². The summed E-state index contributed by atoms with van der Waals surface area (Å²) in [6.07, 6.45) is -6.79. The van der Waals surface area contributed by atoms with Crippen LogP contribution in [0.15, 0.2) is 24.3 Å². The number of fused-ring (bicyclic) bond motifs is 3. The number of halogens is 1. The Morgan fingerprint density at radius 1 is 1.05 bits per heavy atom. The number of piperazine rings is 1. The van der Waals surface area contributed by atoms with Crippen molar-refractivity contribution in [2.75, 3.05) is 53.0 Å². The third kappa shape index (κ3) is 5.28. The van der Waals surface area contributed by atoms with Crippen molar-refractivity contribution in [2.45, 2.75) is 37.1 Å². The zero-order valence-corrected chi connectivity index (χ0v) is 22.7. The summed E-state index contributed by atoms with van der Waals surface area (Å²) in [5.74, 6) is -1.43. The van der Waals surface area contributed by atoms with E-state index in [1.54, 1.807) is 6.07 Å². The van der Waals surface area contributed by atoms with Gasteiger partial charge < -0.3 is 44.5 Å². The van der Waals surface area contributed by atoms with Crippen molar-refractivity contribution in [3.8, 4) is 23.0 Å². The molecule has 5 rings (SSSR count). The normalized spacial score (nSPS) is 27.0. The average Bonchev–Trinajstić information content (AvgIpc) is 2.95. The summed E-state index contributed by atoms with van der Waals surface area (Å²) in [4.78, 5) is 17.5. The van der Waals surface area contributed by atoms with Crippen molar-refractivity contribution in [1.82, 2.24) is 9.80 Å². The van der Waals surface area contributed by atoms with Crippen molar-refractivity contribution < 1.29 is 49.3 Å². The maximum atomic E-state index is 13.2. The van der Waals surface area contributed by atoms with Gasteiger partial charge in [0.15, 0.2) is 17.6 Å². The molecule has 3 heterocycles. The van der Waals surface area contributed by atoms with E-state index in [0.29, 0.717) is 50.1 Å². The highest BCUT2D eigenvalue weighted by atomic mass is 35.5. The molecule has 5 atom stereocenters. The van der Waals surface area contributed by atoms with Gasteiger partial charge in [-0.25, -0.2) is 4.79 Å². The smallest absolute Gasteiger partial charge is 0.339 e. The number of carbonyl (C=O) groups excluding carboxylic acids is 1. The van der Waals surface area contributed by atoms with Crippen LogP contribution < -0.4 is 9.47 Å². The lowest BCUT2D eigenvalue weighted by atomic mass is 9.84. The van der Waals surface area contributed by atoms with Gasteiger partial charge in [-0.2, -0.15) is 0 Å². The van der Waals surface area contributed by atoms with Gasteiger partial charge in [0.1, 0.15) is 36.8 Å². The fraction of sp³-hybridized carbons (Fsp3) is 0.519. The lowest BCUT2D eigenvalue weighted by molar-refractivity contribution is -0.235. The van der Waals surface area contributed by atoms with Gasteiger partial charge in [-0.15, -0.1) is 0 Å². The molecule has 0 radical (unpaired) electrons. The monoisotopic (exact) mass is 580 g/mol. The minimum absolute atomic E-state index is 0.0225. The predicted molar refractivity (Wildman–Crippen MR) is 141 cm³/mol. The second kappa shape index (κ2) is 12.0. The number of ether oxygens (including phenoxy) is 4. The Morgan fingerprint density at radius 2 is 1.75 bits per heavy atom. The van der Waals surface area contributed by atoms with Crippen LogP contribution in [0.1, 0.15) is 27.6 Å². The van der Waals surface area contributed by atoms with E-state index < -0.39 is 54.6 Å². The largest absolute Gasteiger partial charge is 0.504 e. The van der Waals surface area contributed by atoms with Crippen LogP contribution in [0.25, 0.3) is 0 Å². The van der Waals surface area contributed by atoms with Crippen molar-refractivity contribution in [1.29, 1.82) is 0 Å². The Balaban J connectivity index is 1.33. The number of aliphatic hydroxyl groups excluding tert-OH is 3. The van der Waals surface area contributed by atoms with Gasteiger partial charge in [0, 0.05) is 50.4 Å². The van der Waals surface area contributed by atoms with Crippen LogP contribution in [0.3, 0.4) is 0 Å². The highest BCUT2D eigenvalue weighted by Gasteiger charge is 2.53. The van der Waals surface area contributed by atoms with E-state index in [0.717, 1.165) is 0 Å². The number of esters is 1. The third-order valence-corrected chi connectivity index (χ3v) is 8.01. The zero-order valence-electron chi connectivity index (χ0n) is 21.9. The molecule has 2 aromatic rings. The highest BCUT2D eigenvalue weighted by Crippen LogP contribution is 2.52. The Hall–Kier alpha value is -2.84. The van der Waals surface area contributed by atoms with Gasteiger partial charge in [-0.1, -0.05) is 23.7 Å². The number of hydrogen-bond donors (Lipinski definition) is 5. The summed E-state index contributed by atoms with van der Waals surface area (Å²) in [7, 11) is 1.27. The van der Waals surface area contributed by atoms with Crippen molar-refractivity contribution in [2.24, 2.45) is 0 Å². The first-order chi connectivity index (χ1) is 19.2. The fourth-order valence-corrected chi connectivity index (χ4v) is 5.70. The summed E-state index contributed by atoms with van der Waals surface area (Å²) >= 11 is 6.15. The van der Waals surface area contributed by atoms with Gasteiger partial charge in [-0.3, -0.25) is 9.80 Å². The summed E-state index contributed by atoms with van der Waals surface area (Å²) in [5, 5.41) is 53.1. The standard InChI is InChI=1S/C27H33ClN2O10/c1-37-25-20(32)14(12-30-8-6-29(7-9-30)10-11-38-16-5-3-2-4-15(16)28)18-19(22(25)34)24-26(40-27(18)36)23(35)21(33)17(13-31)39-24/h2-5,17,21,23-24,26,31-35H,6-13H2,1H3/t17-,21-,23+,24-,26+/m1/s1. The molecule has 0 bridgehead atoms. The van der Waals surface area contributed by atoms with Gasteiger partial charge in [0.25, 0.3) is 0 Å². The average molecular weight is 581 g/mol. The lowest BCUT2D eigenvalue weighted by Gasteiger charge is -2.45. The SMILES string of the molecule is COc1c(O)c(CN2CCN(CCOc3ccccc3Cl)CC2)c2c(c1O)[C@H]1O[C@H](CO)[C@@H](O)[C@H](O)[C@@H]1OC2=O. The molecule has 3 aliphatic rings.